The highest BCUT2D eigenvalue weighted by Crippen LogP contribution is 2.46. The Labute approximate surface area is 181 Å². The Hall–Kier alpha value is -2.04. The molecule has 1 amide bonds. The fraction of sp³-hybridized carbons (Fsp3) is 0.222. The van der Waals surface area contributed by atoms with Crippen LogP contribution in [-0.2, 0) is 0 Å². The molecular formula is C18H13BrClF3N4OS. The average molecular weight is 506 g/mol. The lowest BCUT2D eigenvalue weighted by atomic mass is 10.0. The minimum absolute atomic E-state index is 0.119. The van der Waals surface area contributed by atoms with Gasteiger partial charge in [0, 0.05) is 22.0 Å². The van der Waals surface area contributed by atoms with Gasteiger partial charge in [-0.2, -0.15) is 18.3 Å². The van der Waals surface area contributed by atoms with E-state index in [1.54, 1.807) is 30.3 Å². The molecule has 0 bridgehead atoms. The van der Waals surface area contributed by atoms with Crippen molar-refractivity contribution >= 4 is 56.3 Å². The Kier molecular flexibility index (Phi) is 5.34. The minimum Gasteiger partial charge on any atom is -0.362 e. The van der Waals surface area contributed by atoms with E-state index in [1.807, 2.05) is 5.38 Å². The van der Waals surface area contributed by atoms with Crippen LogP contribution < -0.4 is 10.6 Å². The van der Waals surface area contributed by atoms with Crippen molar-refractivity contribution in [3.05, 3.63) is 61.8 Å². The number of nitrogens with one attached hydrogen (secondary N) is 2. The van der Waals surface area contributed by atoms with Gasteiger partial charge in [-0.3, -0.25) is 4.79 Å². The van der Waals surface area contributed by atoms with E-state index in [2.05, 4.69) is 31.7 Å². The lowest BCUT2D eigenvalue weighted by Gasteiger charge is -2.33. The molecule has 11 heteroatoms. The zero-order valence-electron chi connectivity index (χ0n) is 14.5. The molecule has 29 heavy (non-hydrogen) atoms. The summed E-state index contributed by atoms with van der Waals surface area (Å²) < 4.78 is 42.3. The van der Waals surface area contributed by atoms with E-state index in [-0.39, 0.29) is 22.4 Å². The van der Waals surface area contributed by atoms with Gasteiger partial charge >= 0.3 is 6.18 Å². The number of nitrogens with zero attached hydrogens (tertiary/aromatic N) is 2. The van der Waals surface area contributed by atoms with Gasteiger partial charge in [-0.25, -0.2) is 4.68 Å². The van der Waals surface area contributed by atoms with Gasteiger partial charge in [-0.05, 0) is 45.6 Å². The maximum Gasteiger partial charge on any atom is 0.410 e. The van der Waals surface area contributed by atoms with E-state index in [0.717, 1.165) is 9.56 Å². The summed E-state index contributed by atoms with van der Waals surface area (Å²) in [6, 6.07) is 7.63. The van der Waals surface area contributed by atoms with E-state index in [9.17, 15) is 18.0 Å². The zero-order valence-corrected chi connectivity index (χ0v) is 17.7. The third-order valence-electron chi connectivity index (χ3n) is 4.48. The number of fused-ring (bicyclic) bond motifs is 1. The standard InChI is InChI=1S/C18H13BrClF3N4OS/c19-14-15(17(28)24-10-4-1-3-9(20)7-10)26-27-13(18(21,22)23)8-11(25-16(14)27)12-5-2-6-29-12/h1-7,11,13,25H,8H2,(H,24,28)/t11-,13+/m0/s1. The van der Waals surface area contributed by atoms with Crippen molar-refractivity contribution in [3.63, 3.8) is 0 Å². The molecule has 152 valence electrons. The first-order valence-corrected chi connectivity index (χ1v) is 10.5. The van der Waals surface area contributed by atoms with Gasteiger partial charge in [0.15, 0.2) is 11.7 Å². The highest BCUT2D eigenvalue weighted by molar-refractivity contribution is 9.10. The molecule has 0 aliphatic carbocycles. The van der Waals surface area contributed by atoms with Crippen molar-refractivity contribution in [3.8, 4) is 0 Å². The predicted molar refractivity (Wildman–Crippen MR) is 110 cm³/mol. The van der Waals surface area contributed by atoms with Gasteiger partial charge in [-0.15, -0.1) is 11.3 Å². The molecule has 0 spiro atoms. The molecule has 1 aromatic carbocycles. The highest BCUT2D eigenvalue weighted by atomic mass is 79.9. The summed E-state index contributed by atoms with van der Waals surface area (Å²) in [5.74, 6) is -0.523. The molecule has 0 saturated carbocycles. The van der Waals surface area contributed by atoms with Crippen LogP contribution in [0.4, 0.5) is 24.7 Å². The molecule has 0 saturated heterocycles. The molecule has 3 heterocycles. The Balaban J connectivity index is 1.70. The monoisotopic (exact) mass is 504 g/mol. The van der Waals surface area contributed by atoms with Gasteiger partial charge in [0.2, 0.25) is 0 Å². The molecule has 1 aliphatic rings. The summed E-state index contributed by atoms with van der Waals surface area (Å²) in [5.41, 5.74) is 0.269. The van der Waals surface area contributed by atoms with Crippen LogP contribution in [0.2, 0.25) is 5.02 Å². The van der Waals surface area contributed by atoms with Gasteiger partial charge < -0.3 is 10.6 Å². The second-order valence-corrected chi connectivity index (χ2v) is 8.63. The van der Waals surface area contributed by atoms with Crippen LogP contribution in [0.5, 0.6) is 0 Å². The SMILES string of the molecule is O=C(Nc1cccc(Cl)c1)c1nn2c(c1Br)N[C@H](c1cccs1)C[C@@H]2C(F)(F)F. The van der Waals surface area contributed by atoms with Gasteiger partial charge in [0.1, 0.15) is 5.82 Å². The molecule has 3 aromatic rings. The first kappa shape index (κ1) is 20.2. The first-order chi connectivity index (χ1) is 13.7. The third-order valence-corrected chi connectivity index (χ3v) is 6.45. The van der Waals surface area contributed by atoms with Crippen LogP contribution in [0.15, 0.2) is 46.3 Å². The normalized spacial score (nSPS) is 18.8. The van der Waals surface area contributed by atoms with E-state index in [1.165, 1.54) is 17.4 Å². The maximum absolute atomic E-state index is 13.8. The number of hydrogen-bond donors (Lipinski definition) is 2. The number of hydrogen-bond acceptors (Lipinski definition) is 4. The summed E-state index contributed by atoms with van der Waals surface area (Å²) in [5, 5.41) is 11.9. The number of aromatic nitrogens is 2. The topological polar surface area (TPSA) is 59.0 Å². The van der Waals surface area contributed by atoms with Crippen LogP contribution >= 0.6 is 38.9 Å². The molecule has 0 unspecified atom stereocenters. The smallest absolute Gasteiger partial charge is 0.362 e. The maximum atomic E-state index is 13.8. The summed E-state index contributed by atoms with van der Waals surface area (Å²) >= 11 is 10.5. The molecule has 0 fully saturated rings. The molecule has 4 rings (SSSR count). The van der Waals surface area contributed by atoms with E-state index in [4.69, 9.17) is 11.6 Å². The fourth-order valence-electron chi connectivity index (χ4n) is 3.17. The Bertz CT molecular complexity index is 1050. The van der Waals surface area contributed by atoms with Crippen LogP contribution in [0.25, 0.3) is 0 Å². The number of alkyl halides is 3. The molecule has 2 aromatic heterocycles. The second-order valence-electron chi connectivity index (χ2n) is 6.43. The Morgan fingerprint density at radius 2 is 2.14 bits per heavy atom. The van der Waals surface area contributed by atoms with Crippen molar-refractivity contribution in [2.24, 2.45) is 0 Å². The summed E-state index contributed by atoms with van der Waals surface area (Å²) in [6.45, 7) is 0. The van der Waals surface area contributed by atoms with Gasteiger partial charge in [-0.1, -0.05) is 23.7 Å². The molecule has 1 aliphatic heterocycles. The third kappa shape index (κ3) is 4.01. The number of amides is 1. The number of thiophene rings is 1. The number of benzene rings is 1. The van der Waals surface area contributed by atoms with Crippen molar-refractivity contribution in [2.45, 2.75) is 24.7 Å². The summed E-state index contributed by atoms with van der Waals surface area (Å²) in [7, 11) is 0. The van der Waals surface area contributed by atoms with Gasteiger partial charge in [0.05, 0.1) is 10.5 Å². The second kappa shape index (κ2) is 7.66. The lowest BCUT2D eigenvalue weighted by Crippen LogP contribution is -2.35. The van der Waals surface area contributed by atoms with Crippen LogP contribution in [0.1, 0.15) is 33.9 Å². The van der Waals surface area contributed by atoms with Crippen molar-refractivity contribution in [1.29, 1.82) is 0 Å². The van der Waals surface area contributed by atoms with Crippen LogP contribution in [0, 0.1) is 0 Å². The first-order valence-electron chi connectivity index (χ1n) is 8.45. The summed E-state index contributed by atoms with van der Waals surface area (Å²) in [4.78, 5) is 13.4. The van der Waals surface area contributed by atoms with Crippen LogP contribution in [0.3, 0.4) is 0 Å². The number of carbonyl (C=O) groups excluding carboxylic acids is 1. The molecule has 2 atom stereocenters. The van der Waals surface area contributed by atoms with Crippen LogP contribution in [-0.4, -0.2) is 21.9 Å². The molecule has 2 N–H and O–H groups in total. The van der Waals surface area contributed by atoms with Crippen molar-refractivity contribution in [1.82, 2.24) is 9.78 Å². The van der Waals surface area contributed by atoms with Gasteiger partial charge in [0.25, 0.3) is 5.91 Å². The molecular weight excluding hydrogens is 493 g/mol. The van der Waals surface area contributed by atoms with E-state index < -0.39 is 24.2 Å². The Morgan fingerprint density at radius 1 is 1.34 bits per heavy atom. The minimum atomic E-state index is -4.52. The Morgan fingerprint density at radius 3 is 2.79 bits per heavy atom. The zero-order chi connectivity index (χ0) is 20.8. The van der Waals surface area contributed by atoms with Crippen molar-refractivity contribution in [2.75, 3.05) is 10.6 Å². The predicted octanol–water partition coefficient (Wildman–Crippen LogP) is 6.27. The molecule has 0 radical (unpaired) electrons. The largest absolute Gasteiger partial charge is 0.410 e. The number of rotatable bonds is 3. The fourth-order valence-corrected chi connectivity index (χ4v) is 4.70. The molecule has 5 nitrogen and oxygen atoms in total. The summed E-state index contributed by atoms with van der Waals surface area (Å²) in [6.07, 6.45) is -4.74. The quantitative estimate of drug-likeness (QED) is 0.441. The van der Waals surface area contributed by atoms with E-state index in [0.29, 0.717) is 10.7 Å². The highest BCUT2D eigenvalue weighted by Gasteiger charge is 2.48. The average Bonchev–Trinajstić information content (AvgIpc) is 3.29. The van der Waals surface area contributed by atoms with E-state index >= 15 is 0 Å². The number of anilines is 2. The number of carbonyl (C=O) groups is 1. The number of halogens is 5. The lowest BCUT2D eigenvalue weighted by molar-refractivity contribution is -0.173. The van der Waals surface area contributed by atoms with Crippen molar-refractivity contribution < 1.29 is 18.0 Å².